The van der Waals surface area contributed by atoms with Crippen molar-refractivity contribution in [2.75, 3.05) is 0 Å². The molecule has 104 valence electrons. The number of aromatic nitrogens is 4. The molecular formula is C15H19N5. The van der Waals surface area contributed by atoms with Gasteiger partial charge >= 0.3 is 0 Å². The Morgan fingerprint density at radius 3 is 2.80 bits per heavy atom. The van der Waals surface area contributed by atoms with Crippen LogP contribution in [-0.4, -0.2) is 20.0 Å². The lowest BCUT2D eigenvalue weighted by atomic mass is 10.1. The predicted octanol–water partition coefficient (Wildman–Crippen LogP) is 3.18. The van der Waals surface area contributed by atoms with Crippen LogP contribution in [0.4, 0.5) is 0 Å². The first kappa shape index (κ1) is 14.2. The van der Waals surface area contributed by atoms with Gasteiger partial charge in [0.2, 0.25) is 0 Å². The van der Waals surface area contributed by atoms with Crippen LogP contribution in [0.1, 0.15) is 44.7 Å². The smallest absolute Gasteiger partial charge is 0.190 e. The minimum atomic E-state index is 0.367. The molecule has 0 saturated carbocycles. The molecule has 0 atom stereocenters. The van der Waals surface area contributed by atoms with Crippen molar-refractivity contribution in [3.63, 3.8) is 0 Å². The monoisotopic (exact) mass is 269 g/mol. The van der Waals surface area contributed by atoms with Crippen LogP contribution in [0, 0.1) is 11.3 Å². The van der Waals surface area contributed by atoms with E-state index in [-0.39, 0.29) is 0 Å². The average molecular weight is 269 g/mol. The lowest BCUT2D eigenvalue weighted by Crippen LogP contribution is -2.03. The number of nitriles is 1. The van der Waals surface area contributed by atoms with Gasteiger partial charge in [-0.05, 0) is 18.6 Å². The topological polar surface area (TPSA) is 67.4 Å². The zero-order valence-corrected chi connectivity index (χ0v) is 11.8. The molecule has 0 saturated heterocycles. The molecular weight excluding hydrogens is 250 g/mol. The summed E-state index contributed by atoms with van der Waals surface area (Å²) in [6.07, 6.45) is 9.46. The molecule has 0 bridgehead atoms. The maximum absolute atomic E-state index is 9.15. The minimum Gasteiger partial charge on any atom is -0.264 e. The van der Waals surface area contributed by atoms with Crippen molar-refractivity contribution in [1.82, 2.24) is 20.0 Å². The van der Waals surface area contributed by atoms with Crippen LogP contribution >= 0.6 is 0 Å². The Morgan fingerprint density at radius 2 is 2.10 bits per heavy atom. The first-order valence-electron chi connectivity index (χ1n) is 7.10. The van der Waals surface area contributed by atoms with Crippen LogP contribution in [0.5, 0.6) is 0 Å². The Morgan fingerprint density at radius 1 is 1.25 bits per heavy atom. The van der Waals surface area contributed by atoms with Gasteiger partial charge in [-0.25, -0.2) is 4.68 Å². The maximum atomic E-state index is 9.15. The number of hydrogen-bond donors (Lipinski definition) is 0. The molecule has 0 aromatic carbocycles. The van der Waals surface area contributed by atoms with Crippen molar-refractivity contribution >= 4 is 0 Å². The quantitative estimate of drug-likeness (QED) is 0.724. The summed E-state index contributed by atoms with van der Waals surface area (Å²) in [5, 5.41) is 17.2. The van der Waals surface area contributed by atoms with E-state index in [4.69, 9.17) is 5.26 Å². The number of nitrogens with zero attached hydrogens (tertiary/aromatic N) is 5. The SMILES string of the molecule is CCCCCCCn1nnc(C#N)c1-c1cccnc1. The Balaban J connectivity index is 2.10. The third-order valence-electron chi connectivity index (χ3n) is 3.25. The molecule has 2 aromatic rings. The van der Waals surface area contributed by atoms with Gasteiger partial charge in [-0.15, -0.1) is 5.10 Å². The standard InChI is InChI=1S/C15H19N5/c1-2-3-4-5-6-10-20-15(14(11-16)18-19-20)13-8-7-9-17-12-13/h7-9,12H,2-6,10H2,1H3. The van der Waals surface area contributed by atoms with Crippen molar-refractivity contribution in [1.29, 1.82) is 5.26 Å². The Bertz CT molecular complexity index is 568. The van der Waals surface area contributed by atoms with Crippen LogP contribution in [0.25, 0.3) is 11.3 Å². The molecule has 0 aliphatic rings. The summed E-state index contributed by atoms with van der Waals surface area (Å²) >= 11 is 0. The predicted molar refractivity (Wildman–Crippen MR) is 76.7 cm³/mol. The number of hydrogen-bond acceptors (Lipinski definition) is 4. The van der Waals surface area contributed by atoms with Gasteiger partial charge in [-0.2, -0.15) is 5.26 Å². The highest BCUT2D eigenvalue weighted by molar-refractivity contribution is 5.63. The van der Waals surface area contributed by atoms with E-state index in [1.54, 1.807) is 12.4 Å². The molecule has 0 aliphatic heterocycles. The summed E-state index contributed by atoms with van der Waals surface area (Å²) < 4.78 is 1.82. The molecule has 0 fully saturated rings. The summed E-state index contributed by atoms with van der Waals surface area (Å²) in [7, 11) is 0. The van der Waals surface area contributed by atoms with Gasteiger partial charge in [-0.1, -0.05) is 37.8 Å². The second-order valence-corrected chi connectivity index (χ2v) is 4.78. The van der Waals surface area contributed by atoms with Gasteiger partial charge in [0.25, 0.3) is 0 Å². The molecule has 2 rings (SSSR count). The highest BCUT2D eigenvalue weighted by atomic mass is 15.4. The average Bonchev–Trinajstić information content (AvgIpc) is 2.91. The molecule has 5 nitrogen and oxygen atoms in total. The molecule has 5 heteroatoms. The van der Waals surface area contributed by atoms with E-state index in [1.807, 2.05) is 16.8 Å². The normalized spacial score (nSPS) is 10.4. The number of unbranched alkanes of at least 4 members (excludes halogenated alkanes) is 4. The lowest BCUT2D eigenvalue weighted by molar-refractivity contribution is 0.524. The fourth-order valence-electron chi connectivity index (χ4n) is 2.20. The molecule has 0 N–H and O–H groups in total. The molecule has 20 heavy (non-hydrogen) atoms. The van der Waals surface area contributed by atoms with Crippen LogP contribution < -0.4 is 0 Å². The zero-order chi connectivity index (χ0) is 14.2. The van der Waals surface area contributed by atoms with Gasteiger partial charge in [0.15, 0.2) is 5.69 Å². The summed E-state index contributed by atoms with van der Waals surface area (Å²) in [5.41, 5.74) is 2.03. The van der Waals surface area contributed by atoms with Crippen LogP contribution in [-0.2, 0) is 6.54 Å². The van der Waals surface area contributed by atoms with E-state index in [1.165, 1.54) is 25.7 Å². The van der Waals surface area contributed by atoms with Crippen molar-refractivity contribution in [3.8, 4) is 17.3 Å². The van der Waals surface area contributed by atoms with E-state index >= 15 is 0 Å². The zero-order valence-electron chi connectivity index (χ0n) is 11.8. The molecule has 0 aliphatic carbocycles. The van der Waals surface area contributed by atoms with Crippen LogP contribution in [0.15, 0.2) is 24.5 Å². The lowest BCUT2D eigenvalue weighted by Gasteiger charge is -2.06. The van der Waals surface area contributed by atoms with E-state index in [0.29, 0.717) is 5.69 Å². The Hall–Kier alpha value is -2.22. The second kappa shape index (κ2) is 7.39. The van der Waals surface area contributed by atoms with Crippen molar-refractivity contribution in [2.45, 2.75) is 45.6 Å². The first-order chi connectivity index (χ1) is 9.86. The summed E-state index contributed by atoms with van der Waals surface area (Å²) in [4.78, 5) is 4.10. The van der Waals surface area contributed by atoms with Gasteiger partial charge in [0.1, 0.15) is 11.8 Å². The molecule has 0 spiro atoms. The van der Waals surface area contributed by atoms with Crippen molar-refractivity contribution in [2.24, 2.45) is 0 Å². The summed E-state index contributed by atoms with van der Waals surface area (Å²) in [6, 6.07) is 5.89. The van der Waals surface area contributed by atoms with Crippen LogP contribution in [0.2, 0.25) is 0 Å². The number of pyridine rings is 1. The molecule has 0 unspecified atom stereocenters. The third-order valence-corrected chi connectivity index (χ3v) is 3.25. The van der Waals surface area contributed by atoms with Crippen molar-refractivity contribution < 1.29 is 0 Å². The summed E-state index contributed by atoms with van der Waals surface area (Å²) in [5.74, 6) is 0. The fourth-order valence-corrected chi connectivity index (χ4v) is 2.20. The van der Waals surface area contributed by atoms with E-state index in [0.717, 1.165) is 24.2 Å². The third kappa shape index (κ3) is 3.41. The van der Waals surface area contributed by atoms with Crippen molar-refractivity contribution in [3.05, 3.63) is 30.2 Å². The Labute approximate surface area is 119 Å². The largest absolute Gasteiger partial charge is 0.264 e. The van der Waals surface area contributed by atoms with Gasteiger partial charge < -0.3 is 0 Å². The minimum absolute atomic E-state index is 0.367. The molecule has 2 heterocycles. The highest BCUT2D eigenvalue weighted by Crippen LogP contribution is 2.21. The second-order valence-electron chi connectivity index (χ2n) is 4.78. The fraction of sp³-hybridized carbons (Fsp3) is 0.467. The van der Waals surface area contributed by atoms with Gasteiger partial charge in [-0.3, -0.25) is 4.98 Å². The van der Waals surface area contributed by atoms with E-state index in [2.05, 4.69) is 28.3 Å². The Kier molecular flexibility index (Phi) is 5.24. The molecule has 0 amide bonds. The van der Waals surface area contributed by atoms with E-state index < -0.39 is 0 Å². The molecule has 0 radical (unpaired) electrons. The maximum Gasteiger partial charge on any atom is 0.190 e. The van der Waals surface area contributed by atoms with Gasteiger partial charge in [0.05, 0.1) is 0 Å². The summed E-state index contributed by atoms with van der Waals surface area (Å²) in [6.45, 7) is 3.00. The highest BCUT2D eigenvalue weighted by Gasteiger charge is 2.14. The first-order valence-corrected chi connectivity index (χ1v) is 7.10. The van der Waals surface area contributed by atoms with Crippen LogP contribution in [0.3, 0.4) is 0 Å². The number of aryl methyl sites for hydroxylation is 1. The molecule has 2 aromatic heterocycles. The van der Waals surface area contributed by atoms with E-state index in [9.17, 15) is 0 Å². The van der Waals surface area contributed by atoms with Gasteiger partial charge in [0, 0.05) is 24.5 Å². The number of rotatable bonds is 7.